The van der Waals surface area contributed by atoms with E-state index in [1.165, 1.54) is 0 Å². The summed E-state index contributed by atoms with van der Waals surface area (Å²) in [7, 11) is -3.02. The van der Waals surface area contributed by atoms with E-state index in [-0.39, 0.29) is 12.8 Å². The number of nitrogens with one attached hydrogen (secondary N) is 1. The van der Waals surface area contributed by atoms with Crippen LogP contribution in [-0.4, -0.2) is 31.6 Å². The lowest BCUT2D eigenvalue weighted by molar-refractivity contribution is -0.144. The Labute approximate surface area is 150 Å². The fourth-order valence-corrected chi connectivity index (χ4v) is 3.11. The molecule has 0 amide bonds. The Morgan fingerprint density at radius 1 is 1.28 bits per heavy atom. The van der Waals surface area contributed by atoms with E-state index in [1.807, 2.05) is 19.1 Å². The van der Waals surface area contributed by atoms with Crippen molar-refractivity contribution in [3.63, 3.8) is 0 Å². The van der Waals surface area contributed by atoms with Crippen LogP contribution >= 0.6 is 0 Å². The van der Waals surface area contributed by atoms with Gasteiger partial charge in [0.05, 0.1) is 0 Å². The maximum absolute atomic E-state index is 11.8. The molecule has 0 radical (unpaired) electrons. The van der Waals surface area contributed by atoms with Gasteiger partial charge < -0.3 is 10.8 Å². The highest BCUT2D eigenvalue weighted by molar-refractivity contribution is 7.70. The average molecular weight is 366 g/mol. The van der Waals surface area contributed by atoms with E-state index < -0.39 is 22.4 Å². The largest absolute Gasteiger partial charge is 0.480 e. The lowest BCUT2D eigenvalue weighted by Gasteiger charge is -2.28. The zero-order chi connectivity index (χ0) is 18.7. The van der Waals surface area contributed by atoms with Crippen molar-refractivity contribution >= 4 is 16.9 Å². The van der Waals surface area contributed by atoms with Crippen LogP contribution in [0.1, 0.15) is 50.2 Å². The van der Waals surface area contributed by atoms with Crippen molar-refractivity contribution in [2.75, 3.05) is 6.54 Å². The third-order valence-electron chi connectivity index (χ3n) is 3.87. The minimum Gasteiger partial charge on any atom is -0.480 e. The first-order valence-electron chi connectivity index (χ1n) is 8.37. The molecule has 0 fully saturated rings. The summed E-state index contributed by atoms with van der Waals surface area (Å²) >= 11 is 0. The summed E-state index contributed by atoms with van der Waals surface area (Å²) in [6.07, 6.45) is 3.31. The van der Waals surface area contributed by atoms with Crippen LogP contribution in [0, 0.1) is 11.8 Å². The second-order valence-corrected chi connectivity index (χ2v) is 6.67. The van der Waals surface area contributed by atoms with Crippen LogP contribution in [0.2, 0.25) is 0 Å². The molecule has 1 aromatic rings. The number of nitrogens with two attached hydrogens (primary N) is 1. The van der Waals surface area contributed by atoms with Crippen molar-refractivity contribution in [1.29, 1.82) is 0 Å². The Bertz CT molecular complexity index is 681. The van der Waals surface area contributed by atoms with Crippen LogP contribution in [0.25, 0.3) is 0 Å². The van der Waals surface area contributed by atoms with Gasteiger partial charge in [-0.2, -0.15) is 4.72 Å². The maximum Gasteiger partial charge on any atom is 0.325 e. The minimum absolute atomic E-state index is 0.0898. The number of carbonyl (C=O) groups is 1. The molecule has 25 heavy (non-hydrogen) atoms. The highest BCUT2D eigenvalue weighted by Gasteiger charge is 2.38. The van der Waals surface area contributed by atoms with Crippen LogP contribution in [-0.2, 0) is 22.1 Å². The maximum atomic E-state index is 11.8. The van der Waals surface area contributed by atoms with E-state index in [0.29, 0.717) is 13.0 Å². The molecule has 138 valence electrons. The van der Waals surface area contributed by atoms with Crippen molar-refractivity contribution in [3.05, 3.63) is 35.4 Å². The number of unbranched alkanes of at least 4 members (excludes halogenated alkanes) is 2. The van der Waals surface area contributed by atoms with Crippen molar-refractivity contribution in [1.82, 2.24) is 4.72 Å². The van der Waals surface area contributed by atoms with Crippen LogP contribution in [0.4, 0.5) is 0 Å². The van der Waals surface area contributed by atoms with Gasteiger partial charge in [0, 0.05) is 18.4 Å². The first kappa shape index (κ1) is 21.2. The molecule has 0 bridgehead atoms. The Balaban J connectivity index is 2.95. The summed E-state index contributed by atoms with van der Waals surface area (Å²) in [5.41, 5.74) is 5.48. The lowest BCUT2D eigenvalue weighted by atomic mass is 9.86. The fourth-order valence-electron chi connectivity index (χ4n) is 2.48. The van der Waals surface area contributed by atoms with Crippen LogP contribution in [0.3, 0.4) is 0 Å². The molecule has 6 nitrogen and oxygen atoms in total. The van der Waals surface area contributed by atoms with E-state index in [4.69, 9.17) is 5.73 Å². The molecule has 0 heterocycles. The molecule has 1 unspecified atom stereocenters. The predicted molar refractivity (Wildman–Crippen MR) is 98.7 cm³/mol. The van der Waals surface area contributed by atoms with Crippen molar-refractivity contribution in [2.24, 2.45) is 5.73 Å². The standard InChI is InChI=1S/C18H26N2O4S/c1-2-3-12-18(17(21)22,20-25(23)24)14-16-10-8-15(9-11-16)7-5-4-6-13-19/h8-11,25H,2-4,6,12-14,19H2,1H3,(H,21,22)(H,20,23,24). The SMILES string of the molecule is CCCCC(Cc1ccc(C#CCCCN)cc1)(N[SH](=O)=O)C(=O)O. The minimum atomic E-state index is -3.02. The molecular formula is C18H26N2O4S. The van der Waals surface area contributed by atoms with Gasteiger partial charge in [-0.05, 0) is 37.1 Å². The monoisotopic (exact) mass is 366 g/mol. The summed E-state index contributed by atoms with van der Waals surface area (Å²) in [4.78, 5) is 11.8. The molecule has 0 saturated heterocycles. The molecule has 0 aliphatic heterocycles. The lowest BCUT2D eigenvalue weighted by Crippen LogP contribution is -2.53. The van der Waals surface area contributed by atoms with Gasteiger partial charge in [0.25, 0.3) is 0 Å². The van der Waals surface area contributed by atoms with Crippen molar-refractivity contribution in [3.8, 4) is 11.8 Å². The van der Waals surface area contributed by atoms with Gasteiger partial charge in [0.2, 0.25) is 10.9 Å². The quantitative estimate of drug-likeness (QED) is 0.285. The number of hydrogen-bond acceptors (Lipinski definition) is 4. The van der Waals surface area contributed by atoms with Gasteiger partial charge in [0.15, 0.2) is 0 Å². The molecule has 4 N–H and O–H groups in total. The van der Waals surface area contributed by atoms with Gasteiger partial charge in [-0.3, -0.25) is 4.79 Å². The summed E-state index contributed by atoms with van der Waals surface area (Å²) in [6.45, 7) is 2.54. The number of benzene rings is 1. The highest BCUT2D eigenvalue weighted by Crippen LogP contribution is 2.21. The molecule has 0 saturated carbocycles. The number of thiol groups is 1. The van der Waals surface area contributed by atoms with Crippen molar-refractivity contribution in [2.45, 2.75) is 51.0 Å². The van der Waals surface area contributed by atoms with E-state index in [0.717, 1.165) is 30.4 Å². The molecule has 1 rings (SSSR count). The molecular weight excluding hydrogens is 340 g/mol. The van der Waals surface area contributed by atoms with Gasteiger partial charge in [0.1, 0.15) is 5.54 Å². The first-order valence-corrected chi connectivity index (χ1v) is 9.54. The summed E-state index contributed by atoms with van der Waals surface area (Å²) in [6, 6.07) is 7.20. The molecule has 7 heteroatoms. The molecule has 0 spiro atoms. The predicted octanol–water partition coefficient (Wildman–Crippen LogP) is 1.45. The van der Waals surface area contributed by atoms with Gasteiger partial charge in [-0.1, -0.05) is 43.7 Å². The van der Waals surface area contributed by atoms with Crippen molar-refractivity contribution < 1.29 is 18.3 Å². The summed E-state index contributed by atoms with van der Waals surface area (Å²) in [5.74, 6) is 4.89. The zero-order valence-corrected chi connectivity index (χ0v) is 15.4. The Hall–Kier alpha value is -1.88. The molecule has 0 aliphatic rings. The van der Waals surface area contributed by atoms with Crippen LogP contribution < -0.4 is 10.5 Å². The van der Waals surface area contributed by atoms with E-state index in [9.17, 15) is 18.3 Å². The zero-order valence-electron chi connectivity index (χ0n) is 14.5. The Kier molecular flexibility index (Phi) is 9.21. The Morgan fingerprint density at radius 3 is 2.48 bits per heavy atom. The molecule has 1 aromatic carbocycles. The molecule has 0 aromatic heterocycles. The third-order valence-corrected chi connectivity index (χ3v) is 4.48. The summed E-state index contributed by atoms with van der Waals surface area (Å²) in [5, 5.41) is 9.62. The van der Waals surface area contributed by atoms with Crippen LogP contribution in [0.15, 0.2) is 24.3 Å². The van der Waals surface area contributed by atoms with Gasteiger partial charge >= 0.3 is 5.97 Å². The normalized spacial score (nSPS) is 13.1. The topological polar surface area (TPSA) is 109 Å². The van der Waals surface area contributed by atoms with E-state index in [2.05, 4.69) is 16.6 Å². The average Bonchev–Trinajstić information content (AvgIpc) is 2.57. The number of hydrogen-bond donors (Lipinski definition) is 4. The smallest absolute Gasteiger partial charge is 0.325 e. The first-order chi connectivity index (χ1) is 11.9. The number of aliphatic carboxylic acids is 1. The van der Waals surface area contributed by atoms with Gasteiger partial charge in [-0.15, -0.1) is 0 Å². The van der Waals surface area contributed by atoms with Crippen LogP contribution in [0.5, 0.6) is 0 Å². The van der Waals surface area contributed by atoms with E-state index in [1.54, 1.807) is 12.1 Å². The summed E-state index contributed by atoms with van der Waals surface area (Å²) < 4.78 is 24.5. The highest BCUT2D eigenvalue weighted by atomic mass is 32.2. The number of carboxylic acids is 1. The van der Waals surface area contributed by atoms with E-state index >= 15 is 0 Å². The third kappa shape index (κ3) is 7.26. The second kappa shape index (κ2) is 10.9. The number of carboxylic acid groups (broad SMARTS) is 1. The fraction of sp³-hybridized carbons (Fsp3) is 0.500. The second-order valence-electron chi connectivity index (χ2n) is 5.93. The number of rotatable bonds is 10. The molecule has 1 atom stereocenters. The van der Waals surface area contributed by atoms with Gasteiger partial charge in [-0.25, -0.2) is 8.42 Å². The molecule has 0 aliphatic carbocycles. The Morgan fingerprint density at radius 2 is 1.96 bits per heavy atom.